The summed E-state index contributed by atoms with van der Waals surface area (Å²) in [6, 6.07) is 0. The van der Waals surface area contributed by atoms with Crippen molar-refractivity contribution in [2.45, 2.75) is 187 Å². The Kier molecular flexibility index (Phi) is 32.7. The number of hydrogen-bond acceptors (Lipinski definition) is 7. The van der Waals surface area contributed by atoms with Gasteiger partial charge in [-0.2, -0.15) is 0 Å². The highest BCUT2D eigenvalue weighted by atomic mass is 31.2. The molecule has 0 aromatic heterocycles. The van der Waals surface area contributed by atoms with Crippen LogP contribution >= 0.6 is 7.82 Å². The second-order valence-corrected chi connectivity index (χ2v) is 16.5. The van der Waals surface area contributed by atoms with Gasteiger partial charge in [0.15, 0.2) is 6.10 Å². The SMILES string of the molecule is CCCCCC/C=C\CCCCCCCC(=O)O[C@H](COC(=O)CCCCCCCCCCCCCCC)COP(=O)(O)OCC[N+](C)(C)C. The van der Waals surface area contributed by atoms with Gasteiger partial charge in [-0.15, -0.1) is 0 Å². The van der Waals surface area contributed by atoms with E-state index in [4.69, 9.17) is 18.5 Å². The minimum absolute atomic E-state index is 0.0329. The highest BCUT2D eigenvalue weighted by Gasteiger charge is 2.27. The minimum atomic E-state index is -4.36. The monoisotopic (exact) mass is 733 g/mol. The molecule has 0 rings (SSSR count). The van der Waals surface area contributed by atoms with Gasteiger partial charge in [-0.3, -0.25) is 18.6 Å². The average molecular weight is 733 g/mol. The molecule has 0 aliphatic heterocycles. The molecule has 0 aromatic rings. The van der Waals surface area contributed by atoms with Crippen molar-refractivity contribution in [3.63, 3.8) is 0 Å². The van der Waals surface area contributed by atoms with Crippen molar-refractivity contribution in [3.05, 3.63) is 12.2 Å². The van der Waals surface area contributed by atoms with Gasteiger partial charge in [-0.25, -0.2) is 4.57 Å². The second-order valence-electron chi connectivity index (χ2n) is 15.0. The van der Waals surface area contributed by atoms with Gasteiger partial charge in [0.1, 0.15) is 19.8 Å². The third-order valence-electron chi connectivity index (χ3n) is 8.80. The van der Waals surface area contributed by atoms with E-state index in [1.165, 1.54) is 96.3 Å². The summed E-state index contributed by atoms with van der Waals surface area (Å²) in [6.07, 6.45) is 32.5. The molecule has 10 heteroatoms. The number of carbonyl (C=O) groups is 2. The molecule has 0 aliphatic carbocycles. The molecule has 0 heterocycles. The molecule has 0 amide bonds. The zero-order valence-electron chi connectivity index (χ0n) is 33.1. The number of quaternary nitrogens is 1. The maximum absolute atomic E-state index is 12.6. The molecule has 50 heavy (non-hydrogen) atoms. The lowest BCUT2D eigenvalue weighted by Crippen LogP contribution is -2.37. The lowest BCUT2D eigenvalue weighted by molar-refractivity contribution is -0.870. The van der Waals surface area contributed by atoms with Crippen LogP contribution in [0.3, 0.4) is 0 Å². The van der Waals surface area contributed by atoms with E-state index in [0.717, 1.165) is 51.4 Å². The Hall–Kier alpha value is -1.25. The Morgan fingerprint density at radius 3 is 1.50 bits per heavy atom. The van der Waals surface area contributed by atoms with Crippen molar-refractivity contribution in [2.24, 2.45) is 0 Å². The van der Waals surface area contributed by atoms with Crippen molar-refractivity contribution >= 4 is 19.8 Å². The highest BCUT2D eigenvalue weighted by Crippen LogP contribution is 2.43. The first-order valence-electron chi connectivity index (χ1n) is 20.4. The maximum Gasteiger partial charge on any atom is 0.472 e. The number of likely N-dealkylation sites (N-methyl/N-ethyl adjacent to an activating group) is 1. The normalized spacial score (nSPS) is 13.8. The third kappa shape index (κ3) is 36.5. The fraction of sp³-hybridized carbons (Fsp3) is 0.900. The predicted octanol–water partition coefficient (Wildman–Crippen LogP) is 11.0. The first-order chi connectivity index (χ1) is 24.0. The average Bonchev–Trinajstić information content (AvgIpc) is 3.06. The molecule has 0 spiro atoms. The molecule has 296 valence electrons. The zero-order valence-corrected chi connectivity index (χ0v) is 34.0. The van der Waals surface area contributed by atoms with Crippen molar-refractivity contribution in [3.8, 4) is 0 Å². The standard InChI is InChI=1S/C40H78NO8P/c1-6-8-10-12-14-16-18-20-22-24-26-28-30-32-39(42)46-36-38(37-48-50(44,45)47-35-34-41(3,4)5)49-40(43)33-31-29-27-25-23-21-19-17-15-13-11-9-7-2/h17,19,38H,6-16,18,20-37H2,1-5H3/p+1/b19-17-/t38-/m1/s1. The van der Waals surface area contributed by atoms with Crippen LogP contribution in [0.5, 0.6) is 0 Å². The molecular formula is C40H79NO8P+. The van der Waals surface area contributed by atoms with E-state index in [0.29, 0.717) is 23.9 Å². The molecule has 2 atom stereocenters. The molecule has 9 nitrogen and oxygen atoms in total. The van der Waals surface area contributed by atoms with Gasteiger partial charge in [0.2, 0.25) is 0 Å². The van der Waals surface area contributed by atoms with Crippen LogP contribution in [0.25, 0.3) is 0 Å². The summed E-state index contributed by atoms with van der Waals surface area (Å²) in [7, 11) is 1.48. The molecule has 1 unspecified atom stereocenters. The number of hydrogen-bond donors (Lipinski definition) is 1. The number of phosphoric acid groups is 1. The largest absolute Gasteiger partial charge is 0.472 e. The van der Waals surface area contributed by atoms with E-state index >= 15 is 0 Å². The topological polar surface area (TPSA) is 108 Å². The Balaban J connectivity index is 4.40. The summed E-state index contributed by atoms with van der Waals surface area (Å²) >= 11 is 0. The second kappa shape index (κ2) is 33.6. The van der Waals surface area contributed by atoms with Crippen molar-refractivity contribution in [1.82, 2.24) is 0 Å². The first-order valence-corrected chi connectivity index (χ1v) is 21.9. The Labute approximate surface area is 307 Å². The van der Waals surface area contributed by atoms with Gasteiger partial charge in [0, 0.05) is 12.8 Å². The summed E-state index contributed by atoms with van der Waals surface area (Å²) in [5, 5.41) is 0. The maximum atomic E-state index is 12.6. The summed E-state index contributed by atoms with van der Waals surface area (Å²) in [6.45, 7) is 4.40. The van der Waals surface area contributed by atoms with E-state index in [9.17, 15) is 19.0 Å². The minimum Gasteiger partial charge on any atom is -0.462 e. The molecule has 0 radical (unpaired) electrons. The number of unbranched alkanes of at least 4 members (excludes halogenated alkanes) is 21. The van der Waals surface area contributed by atoms with Crippen molar-refractivity contribution in [2.75, 3.05) is 47.5 Å². The third-order valence-corrected chi connectivity index (χ3v) is 9.78. The molecule has 0 aromatic carbocycles. The highest BCUT2D eigenvalue weighted by molar-refractivity contribution is 7.47. The number of rotatable bonds is 37. The molecule has 0 saturated carbocycles. The molecule has 1 N–H and O–H groups in total. The molecule has 0 aliphatic rings. The zero-order chi connectivity index (χ0) is 37.2. The summed E-state index contributed by atoms with van der Waals surface area (Å²) in [5.74, 6) is -0.803. The number of carbonyl (C=O) groups excluding carboxylic acids is 2. The van der Waals surface area contributed by atoms with Gasteiger partial charge in [-0.05, 0) is 38.5 Å². The lowest BCUT2D eigenvalue weighted by atomic mass is 10.0. The van der Waals surface area contributed by atoms with E-state index < -0.39 is 26.5 Å². The number of ether oxygens (including phenoxy) is 2. The summed E-state index contributed by atoms with van der Waals surface area (Å²) in [5.41, 5.74) is 0. The Morgan fingerprint density at radius 1 is 0.600 bits per heavy atom. The Morgan fingerprint density at radius 2 is 1.02 bits per heavy atom. The van der Waals surface area contributed by atoms with Crippen molar-refractivity contribution < 1.29 is 42.1 Å². The van der Waals surface area contributed by atoms with Crippen molar-refractivity contribution in [1.29, 1.82) is 0 Å². The van der Waals surface area contributed by atoms with Crippen LogP contribution in [-0.4, -0.2) is 74.9 Å². The van der Waals surface area contributed by atoms with Crippen LogP contribution in [0.2, 0.25) is 0 Å². The van der Waals surface area contributed by atoms with E-state index in [1.807, 2.05) is 21.1 Å². The van der Waals surface area contributed by atoms with Gasteiger partial charge >= 0.3 is 19.8 Å². The Bertz CT molecular complexity index is 876. The van der Waals surface area contributed by atoms with Gasteiger partial charge in [0.05, 0.1) is 27.7 Å². The van der Waals surface area contributed by atoms with E-state index in [-0.39, 0.29) is 25.6 Å². The number of esters is 2. The fourth-order valence-electron chi connectivity index (χ4n) is 5.54. The van der Waals surface area contributed by atoms with Gasteiger partial charge in [0.25, 0.3) is 0 Å². The lowest BCUT2D eigenvalue weighted by Gasteiger charge is -2.24. The molecular weight excluding hydrogens is 653 g/mol. The number of phosphoric ester groups is 1. The fourth-order valence-corrected chi connectivity index (χ4v) is 6.28. The molecule has 0 saturated heterocycles. The smallest absolute Gasteiger partial charge is 0.462 e. The summed E-state index contributed by atoms with van der Waals surface area (Å²) in [4.78, 5) is 35.2. The van der Waals surface area contributed by atoms with Crippen LogP contribution in [0, 0.1) is 0 Å². The quantitative estimate of drug-likeness (QED) is 0.0221. The molecule has 0 bridgehead atoms. The van der Waals surface area contributed by atoms with Crippen LogP contribution < -0.4 is 0 Å². The van der Waals surface area contributed by atoms with E-state index in [1.54, 1.807) is 0 Å². The van der Waals surface area contributed by atoms with Crippen LogP contribution in [0.15, 0.2) is 12.2 Å². The van der Waals surface area contributed by atoms with Crippen LogP contribution in [-0.2, 0) is 32.7 Å². The van der Waals surface area contributed by atoms with E-state index in [2.05, 4.69) is 26.0 Å². The van der Waals surface area contributed by atoms with Crippen LogP contribution in [0.1, 0.15) is 181 Å². The number of nitrogens with zero attached hydrogens (tertiary/aromatic N) is 1. The van der Waals surface area contributed by atoms with Gasteiger partial charge in [-0.1, -0.05) is 142 Å². The first kappa shape index (κ1) is 48.8. The predicted molar refractivity (Wildman–Crippen MR) is 206 cm³/mol. The summed E-state index contributed by atoms with van der Waals surface area (Å²) < 4.78 is 34.2. The molecule has 0 fully saturated rings. The van der Waals surface area contributed by atoms with Gasteiger partial charge < -0.3 is 18.9 Å². The van der Waals surface area contributed by atoms with Crippen LogP contribution in [0.4, 0.5) is 0 Å². The number of allylic oxidation sites excluding steroid dienone is 2.